The van der Waals surface area contributed by atoms with Crippen molar-refractivity contribution in [1.29, 1.82) is 0 Å². The summed E-state index contributed by atoms with van der Waals surface area (Å²) in [6.45, 7) is 1.01. The first-order valence-electron chi connectivity index (χ1n) is 14.9. The summed E-state index contributed by atoms with van der Waals surface area (Å²) in [6, 6.07) is 18.1. The molecule has 1 saturated heterocycles. The number of benzene rings is 2. The zero-order valence-electron chi connectivity index (χ0n) is 23.6. The van der Waals surface area contributed by atoms with E-state index in [1.54, 1.807) is 4.90 Å². The maximum absolute atomic E-state index is 13.8. The number of aryl methyl sites for hydroxylation is 1. The summed E-state index contributed by atoms with van der Waals surface area (Å²) in [5.41, 5.74) is 2.21. The van der Waals surface area contributed by atoms with Gasteiger partial charge in [-0.25, -0.2) is 0 Å². The third-order valence-electron chi connectivity index (χ3n) is 8.80. The molecule has 224 valence electrons. The fraction of sp³-hybridized carbons (Fsp3) is 0.485. The molecule has 3 aromatic rings. The van der Waals surface area contributed by atoms with Crippen LogP contribution in [0.1, 0.15) is 103 Å². The molecule has 1 N–H and O–H groups in total. The summed E-state index contributed by atoms with van der Waals surface area (Å²) in [7, 11) is 0. The van der Waals surface area contributed by atoms with Crippen molar-refractivity contribution in [2.24, 2.45) is 5.92 Å². The number of alkyl halides is 3. The monoisotopic (exact) mass is 582 g/mol. The largest absolute Gasteiger partial charge is 0.481 e. The van der Waals surface area contributed by atoms with Crippen LogP contribution in [0.25, 0.3) is 0 Å². The van der Waals surface area contributed by atoms with E-state index in [9.17, 15) is 22.8 Å². The number of Topliss-reactive ketones (excluding diaryl/α,β-unsaturated/α-hetero) is 1. The predicted octanol–water partition coefficient (Wildman–Crippen LogP) is 8.03. The van der Waals surface area contributed by atoms with Crippen molar-refractivity contribution < 1.29 is 32.3 Å². The number of hydrogen-bond acceptors (Lipinski definition) is 5. The standard InChI is InChI=1S/C33H37F3N2O4/c34-33(35,36)31-30(42-32(37-31)38-19-17-27(18-20-38)24-6-2-1-3-7-24)28(39)8-4-5-22-9-13-25(14-10-22)26-15-11-23(12-16-26)21-29(40)41/h1-3,6-7,9-10,13-14,23,26-27H,4-5,8,11-12,15-21H2,(H,40,41). The topological polar surface area (TPSA) is 83.6 Å². The summed E-state index contributed by atoms with van der Waals surface area (Å²) >= 11 is 0. The Morgan fingerprint density at radius 1 is 0.881 bits per heavy atom. The number of aliphatic carboxylic acids is 1. The van der Waals surface area contributed by atoms with Gasteiger partial charge in [0.1, 0.15) is 0 Å². The highest BCUT2D eigenvalue weighted by Gasteiger charge is 2.42. The maximum Gasteiger partial charge on any atom is 0.437 e. The number of oxazole rings is 1. The number of piperidine rings is 1. The molecule has 0 bridgehead atoms. The molecule has 2 heterocycles. The summed E-state index contributed by atoms with van der Waals surface area (Å²) in [5.74, 6) is -1.13. The van der Waals surface area contributed by atoms with Gasteiger partial charge in [-0.05, 0) is 85.8 Å². The second-order valence-electron chi connectivity index (χ2n) is 11.7. The summed E-state index contributed by atoms with van der Waals surface area (Å²) < 4.78 is 46.9. The Morgan fingerprint density at radius 3 is 2.12 bits per heavy atom. The van der Waals surface area contributed by atoms with Crippen molar-refractivity contribution in [1.82, 2.24) is 4.98 Å². The van der Waals surface area contributed by atoms with Gasteiger partial charge in [-0.15, -0.1) is 0 Å². The molecular formula is C33H37F3N2O4. The van der Waals surface area contributed by atoms with Gasteiger partial charge in [0, 0.05) is 25.9 Å². The highest BCUT2D eigenvalue weighted by atomic mass is 19.4. The second-order valence-corrected chi connectivity index (χ2v) is 11.7. The number of carboxylic acid groups (broad SMARTS) is 1. The minimum atomic E-state index is -4.78. The minimum absolute atomic E-state index is 0.0663. The van der Waals surface area contributed by atoms with E-state index in [1.165, 1.54) is 11.1 Å². The number of carboxylic acids is 1. The number of carbonyl (C=O) groups is 2. The molecule has 2 fully saturated rings. The average molecular weight is 583 g/mol. The van der Waals surface area contributed by atoms with Gasteiger partial charge in [-0.3, -0.25) is 9.59 Å². The quantitative estimate of drug-likeness (QED) is 0.244. The van der Waals surface area contributed by atoms with Crippen LogP contribution < -0.4 is 4.90 Å². The van der Waals surface area contributed by atoms with Crippen molar-refractivity contribution in [3.8, 4) is 0 Å². The highest BCUT2D eigenvalue weighted by molar-refractivity contribution is 5.94. The van der Waals surface area contributed by atoms with Crippen LogP contribution in [0.15, 0.2) is 59.0 Å². The molecule has 9 heteroatoms. The molecule has 1 aliphatic carbocycles. The summed E-state index contributed by atoms with van der Waals surface area (Å²) in [5, 5.41) is 9.01. The molecule has 2 aromatic carbocycles. The number of nitrogens with zero attached hydrogens (tertiary/aromatic N) is 2. The van der Waals surface area contributed by atoms with Crippen LogP contribution in [0.5, 0.6) is 0 Å². The van der Waals surface area contributed by atoms with E-state index < -0.39 is 29.4 Å². The number of anilines is 1. The van der Waals surface area contributed by atoms with E-state index >= 15 is 0 Å². The van der Waals surface area contributed by atoms with Gasteiger partial charge in [0.05, 0.1) is 0 Å². The molecule has 2 aliphatic rings. The predicted molar refractivity (Wildman–Crippen MR) is 153 cm³/mol. The number of aromatic nitrogens is 1. The average Bonchev–Trinajstić information content (AvgIpc) is 3.45. The molecule has 6 nitrogen and oxygen atoms in total. The number of carbonyl (C=O) groups excluding carboxylic acids is 1. The van der Waals surface area contributed by atoms with Crippen LogP contribution in [-0.4, -0.2) is 34.9 Å². The Labute approximate surface area is 243 Å². The van der Waals surface area contributed by atoms with E-state index in [4.69, 9.17) is 9.52 Å². The fourth-order valence-corrected chi connectivity index (χ4v) is 6.42. The zero-order chi connectivity index (χ0) is 29.7. The molecule has 0 radical (unpaired) electrons. The second kappa shape index (κ2) is 13.1. The Hall–Kier alpha value is -3.62. The van der Waals surface area contributed by atoms with Crippen LogP contribution in [0.4, 0.5) is 19.2 Å². The molecular weight excluding hydrogens is 545 g/mol. The van der Waals surface area contributed by atoms with Crippen LogP contribution in [0.2, 0.25) is 0 Å². The molecule has 1 saturated carbocycles. The number of ketones is 1. The number of hydrogen-bond donors (Lipinski definition) is 1. The Bertz CT molecular complexity index is 1340. The van der Waals surface area contributed by atoms with Gasteiger partial charge in [0.15, 0.2) is 11.5 Å². The van der Waals surface area contributed by atoms with Crippen molar-refractivity contribution >= 4 is 17.8 Å². The van der Waals surface area contributed by atoms with Gasteiger partial charge < -0.3 is 14.4 Å². The van der Waals surface area contributed by atoms with Crippen molar-refractivity contribution in [2.45, 2.75) is 82.2 Å². The van der Waals surface area contributed by atoms with E-state index in [2.05, 4.69) is 29.2 Å². The summed E-state index contributed by atoms with van der Waals surface area (Å²) in [6.07, 6.45) is 1.64. The van der Waals surface area contributed by atoms with Crippen LogP contribution in [-0.2, 0) is 17.4 Å². The SMILES string of the molecule is O=C(O)CC1CCC(c2ccc(CCCC(=O)c3oc(N4CCC(c5ccccc5)CC4)nc3C(F)(F)F)cc2)CC1. The smallest absolute Gasteiger partial charge is 0.437 e. The van der Waals surface area contributed by atoms with E-state index in [-0.39, 0.29) is 24.8 Å². The fourth-order valence-electron chi connectivity index (χ4n) is 6.42. The normalized spacial score (nSPS) is 20.0. The molecule has 5 rings (SSSR count). The molecule has 0 unspecified atom stereocenters. The van der Waals surface area contributed by atoms with Crippen LogP contribution >= 0.6 is 0 Å². The first-order chi connectivity index (χ1) is 20.2. The zero-order valence-corrected chi connectivity index (χ0v) is 23.6. The van der Waals surface area contributed by atoms with Crippen LogP contribution in [0.3, 0.4) is 0 Å². The van der Waals surface area contributed by atoms with Gasteiger partial charge in [-0.2, -0.15) is 18.2 Å². The lowest BCUT2D eigenvalue weighted by atomic mass is 9.77. The maximum atomic E-state index is 13.8. The van der Waals surface area contributed by atoms with E-state index in [0.29, 0.717) is 37.8 Å². The Morgan fingerprint density at radius 2 is 1.50 bits per heavy atom. The lowest BCUT2D eigenvalue weighted by molar-refractivity contribution is -0.141. The molecule has 1 aliphatic heterocycles. The Balaban J connectivity index is 1.14. The molecule has 0 amide bonds. The number of halogens is 3. The lowest BCUT2D eigenvalue weighted by Crippen LogP contribution is -2.33. The van der Waals surface area contributed by atoms with Gasteiger partial charge >= 0.3 is 12.1 Å². The lowest BCUT2D eigenvalue weighted by Gasteiger charge is -2.31. The first-order valence-corrected chi connectivity index (χ1v) is 14.9. The van der Waals surface area contributed by atoms with Crippen molar-refractivity contribution in [2.75, 3.05) is 18.0 Å². The Kier molecular flexibility index (Phi) is 9.34. The highest BCUT2D eigenvalue weighted by Crippen LogP contribution is 2.38. The van der Waals surface area contributed by atoms with Crippen LogP contribution in [0, 0.1) is 5.92 Å². The van der Waals surface area contributed by atoms with E-state index in [0.717, 1.165) is 44.1 Å². The molecule has 0 spiro atoms. The van der Waals surface area contributed by atoms with Crippen molar-refractivity contribution in [3.63, 3.8) is 0 Å². The first kappa shape index (κ1) is 29.9. The molecule has 0 atom stereocenters. The third-order valence-corrected chi connectivity index (χ3v) is 8.80. The minimum Gasteiger partial charge on any atom is -0.481 e. The van der Waals surface area contributed by atoms with Gasteiger partial charge in [0.2, 0.25) is 5.76 Å². The van der Waals surface area contributed by atoms with Gasteiger partial charge in [0.25, 0.3) is 6.01 Å². The third kappa shape index (κ3) is 7.41. The van der Waals surface area contributed by atoms with Gasteiger partial charge in [-0.1, -0.05) is 54.6 Å². The van der Waals surface area contributed by atoms with Crippen molar-refractivity contribution in [3.05, 3.63) is 82.7 Å². The molecule has 42 heavy (non-hydrogen) atoms. The molecule has 1 aromatic heterocycles. The summed E-state index contributed by atoms with van der Waals surface area (Å²) in [4.78, 5) is 29.3. The van der Waals surface area contributed by atoms with E-state index in [1.807, 2.05) is 30.3 Å². The number of rotatable bonds is 10.